The summed E-state index contributed by atoms with van der Waals surface area (Å²) in [7, 11) is 0. The van der Waals surface area contributed by atoms with Gasteiger partial charge in [-0.05, 0) is 19.1 Å². The van der Waals surface area contributed by atoms with Crippen molar-refractivity contribution in [2.45, 2.75) is 6.92 Å². The highest BCUT2D eigenvalue weighted by Crippen LogP contribution is 2.12. The van der Waals surface area contributed by atoms with E-state index in [0.29, 0.717) is 12.1 Å². The molecule has 0 fully saturated rings. The minimum absolute atomic E-state index is 0.126. The second-order valence-corrected chi connectivity index (χ2v) is 3.28. The summed E-state index contributed by atoms with van der Waals surface area (Å²) in [6.45, 7) is 2.11. The number of hydrogen-bond acceptors (Lipinski definition) is 2. The molecule has 1 heterocycles. The number of rotatable bonds is 2. The lowest BCUT2D eigenvalue weighted by Crippen LogP contribution is -2.23. The summed E-state index contributed by atoms with van der Waals surface area (Å²) in [6, 6.07) is 5.41. The zero-order valence-corrected chi connectivity index (χ0v) is 8.87. The van der Waals surface area contributed by atoms with E-state index in [9.17, 15) is 4.79 Å². The number of nitrogens with one attached hydrogen (secondary N) is 2. The van der Waals surface area contributed by atoms with Gasteiger partial charge < -0.3 is 5.32 Å². The number of carbonyl (C=O) groups excluding carboxylic acids is 1. The van der Waals surface area contributed by atoms with Crippen LogP contribution in [0.5, 0.6) is 0 Å². The standard InChI is InChI=1S/C12H11N3O/c1-2-3-6-13-12(16)9-4-5-10-8-14-15-11(10)7-9/h4-5,7-8H,6H2,1H3,(H,13,16)(H,14,15). The highest BCUT2D eigenvalue weighted by molar-refractivity contribution is 5.97. The maximum atomic E-state index is 11.7. The normalized spacial score (nSPS) is 9.56. The van der Waals surface area contributed by atoms with Gasteiger partial charge in [0.25, 0.3) is 5.91 Å². The molecule has 4 heteroatoms. The van der Waals surface area contributed by atoms with Crippen LogP contribution in [0.15, 0.2) is 24.4 Å². The van der Waals surface area contributed by atoms with Crippen LogP contribution in [0.25, 0.3) is 10.9 Å². The minimum atomic E-state index is -0.126. The average molecular weight is 213 g/mol. The van der Waals surface area contributed by atoms with E-state index >= 15 is 0 Å². The van der Waals surface area contributed by atoms with Crippen LogP contribution >= 0.6 is 0 Å². The molecule has 2 rings (SSSR count). The van der Waals surface area contributed by atoms with Crippen LogP contribution in [0.1, 0.15) is 17.3 Å². The second kappa shape index (κ2) is 4.49. The zero-order chi connectivity index (χ0) is 11.4. The van der Waals surface area contributed by atoms with Crippen molar-refractivity contribution in [2.75, 3.05) is 6.54 Å². The van der Waals surface area contributed by atoms with Crippen LogP contribution in [0.2, 0.25) is 0 Å². The number of hydrogen-bond donors (Lipinski definition) is 2. The van der Waals surface area contributed by atoms with Gasteiger partial charge in [0, 0.05) is 10.9 Å². The Morgan fingerprint density at radius 2 is 2.44 bits per heavy atom. The Hall–Kier alpha value is -2.28. The molecule has 0 saturated carbocycles. The molecule has 4 nitrogen and oxygen atoms in total. The van der Waals surface area contributed by atoms with Gasteiger partial charge in [-0.25, -0.2) is 0 Å². The van der Waals surface area contributed by atoms with Crippen molar-refractivity contribution >= 4 is 16.8 Å². The third-order valence-corrected chi connectivity index (χ3v) is 2.22. The highest BCUT2D eigenvalue weighted by Gasteiger charge is 2.05. The van der Waals surface area contributed by atoms with Gasteiger partial charge >= 0.3 is 0 Å². The smallest absolute Gasteiger partial charge is 0.252 e. The fourth-order valence-corrected chi connectivity index (χ4v) is 1.39. The van der Waals surface area contributed by atoms with E-state index in [1.54, 1.807) is 25.3 Å². The monoisotopic (exact) mass is 213 g/mol. The van der Waals surface area contributed by atoms with Gasteiger partial charge in [0.2, 0.25) is 0 Å². The largest absolute Gasteiger partial charge is 0.341 e. The topological polar surface area (TPSA) is 57.8 Å². The third-order valence-electron chi connectivity index (χ3n) is 2.22. The van der Waals surface area contributed by atoms with Crippen LogP contribution in [-0.2, 0) is 0 Å². The van der Waals surface area contributed by atoms with Gasteiger partial charge in [-0.1, -0.05) is 12.0 Å². The molecule has 1 amide bonds. The molecular formula is C12H11N3O. The van der Waals surface area contributed by atoms with Crippen molar-refractivity contribution in [1.29, 1.82) is 0 Å². The van der Waals surface area contributed by atoms with Crippen LogP contribution in [0.3, 0.4) is 0 Å². The number of fused-ring (bicyclic) bond motifs is 1. The Kier molecular flexibility index (Phi) is 2.88. The Morgan fingerprint density at radius 3 is 3.25 bits per heavy atom. The number of aromatic amines is 1. The first-order valence-corrected chi connectivity index (χ1v) is 4.92. The lowest BCUT2D eigenvalue weighted by Gasteiger charge is -2.01. The molecule has 0 bridgehead atoms. The second-order valence-electron chi connectivity index (χ2n) is 3.28. The molecule has 2 aromatic rings. The summed E-state index contributed by atoms with van der Waals surface area (Å²) in [5.41, 5.74) is 1.46. The number of carbonyl (C=O) groups is 1. The lowest BCUT2D eigenvalue weighted by molar-refractivity contribution is 0.0959. The van der Waals surface area contributed by atoms with E-state index in [2.05, 4.69) is 27.4 Å². The predicted molar refractivity (Wildman–Crippen MR) is 61.9 cm³/mol. The first kappa shape index (κ1) is 10.2. The Balaban J connectivity index is 2.18. The zero-order valence-electron chi connectivity index (χ0n) is 8.87. The Labute approximate surface area is 93.0 Å². The number of H-pyrrole nitrogens is 1. The van der Waals surface area contributed by atoms with Gasteiger partial charge in [0.05, 0.1) is 18.3 Å². The molecule has 0 aliphatic carbocycles. The van der Waals surface area contributed by atoms with Gasteiger partial charge in [-0.3, -0.25) is 9.89 Å². The first-order valence-electron chi connectivity index (χ1n) is 4.92. The van der Waals surface area contributed by atoms with Crippen molar-refractivity contribution in [1.82, 2.24) is 15.5 Å². The number of aromatic nitrogens is 2. The van der Waals surface area contributed by atoms with Crippen molar-refractivity contribution in [2.24, 2.45) is 0 Å². The Bertz CT molecular complexity index is 574. The first-order chi connectivity index (χ1) is 7.81. The Morgan fingerprint density at radius 1 is 1.56 bits per heavy atom. The van der Waals surface area contributed by atoms with Crippen molar-refractivity contribution < 1.29 is 4.79 Å². The van der Waals surface area contributed by atoms with Gasteiger partial charge in [-0.15, -0.1) is 5.92 Å². The van der Waals surface area contributed by atoms with Gasteiger partial charge in [-0.2, -0.15) is 5.10 Å². The van der Waals surface area contributed by atoms with Crippen molar-refractivity contribution in [3.8, 4) is 11.8 Å². The molecule has 0 saturated heterocycles. The SMILES string of the molecule is CC#CCNC(=O)c1ccc2cn[nH]c2c1. The number of amides is 1. The molecule has 0 spiro atoms. The summed E-state index contributed by atoms with van der Waals surface area (Å²) in [6.07, 6.45) is 1.72. The molecular weight excluding hydrogens is 202 g/mol. The van der Waals surface area contributed by atoms with Gasteiger partial charge in [0.15, 0.2) is 0 Å². The molecule has 0 unspecified atom stereocenters. The lowest BCUT2D eigenvalue weighted by atomic mass is 10.1. The highest BCUT2D eigenvalue weighted by atomic mass is 16.1. The molecule has 2 N–H and O–H groups in total. The van der Waals surface area contributed by atoms with Crippen LogP contribution in [0, 0.1) is 11.8 Å². The molecule has 0 aliphatic rings. The fourth-order valence-electron chi connectivity index (χ4n) is 1.39. The predicted octanol–water partition coefficient (Wildman–Crippen LogP) is 1.32. The van der Waals surface area contributed by atoms with Crippen molar-refractivity contribution in [3.05, 3.63) is 30.0 Å². The van der Waals surface area contributed by atoms with Crippen LogP contribution in [-0.4, -0.2) is 22.6 Å². The quantitative estimate of drug-likeness (QED) is 0.739. The molecule has 0 aliphatic heterocycles. The maximum Gasteiger partial charge on any atom is 0.252 e. The summed E-state index contributed by atoms with van der Waals surface area (Å²) >= 11 is 0. The maximum absolute atomic E-state index is 11.7. The molecule has 0 radical (unpaired) electrons. The van der Waals surface area contributed by atoms with E-state index in [0.717, 1.165) is 10.9 Å². The number of nitrogens with zero attached hydrogens (tertiary/aromatic N) is 1. The molecule has 16 heavy (non-hydrogen) atoms. The summed E-state index contributed by atoms with van der Waals surface area (Å²) in [5, 5.41) is 10.4. The van der Waals surface area contributed by atoms with E-state index in [1.165, 1.54) is 0 Å². The van der Waals surface area contributed by atoms with Crippen LogP contribution in [0.4, 0.5) is 0 Å². The summed E-state index contributed by atoms with van der Waals surface area (Å²) in [4.78, 5) is 11.7. The van der Waals surface area contributed by atoms with E-state index in [4.69, 9.17) is 0 Å². The molecule has 1 aromatic carbocycles. The van der Waals surface area contributed by atoms with E-state index in [1.807, 2.05) is 6.07 Å². The van der Waals surface area contributed by atoms with Crippen molar-refractivity contribution in [3.63, 3.8) is 0 Å². The molecule has 80 valence electrons. The third kappa shape index (κ3) is 2.04. The van der Waals surface area contributed by atoms with Gasteiger partial charge in [0.1, 0.15) is 0 Å². The average Bonchev–Trinajstić information content (AvgIpc) is 2.76. The summed E-state index contributed by atoms with van der Waals surface area (Å²) in [5.74, 6) is 5.37. The minimum Gasteiger partial charge on any atom is -0.341 e. The van der Waals surface area contributed by atoms with E-state index in [-0.39, 0.29) is 5.91 Å². The van der Waals surface area contributed by atoms with Crippen LogP contribution < -0.4 is 5.32 Å². The molecule has 1 aromatic heterocycles. The van der Waals surface area contributed by atoms with E-state index < -0.39 is 0 Å². The number of benzene rings is 1. The summed E-state index contributed by atoms with van der Waals surface area (Å²) < 4.78 is 0. The molecule has 0 atom stereocenters. The fraction of sp³-hybridized carbons (Fsp3) is 0.167.